The number of carboxylic acids is 1. The molecule has 0 aliphatic carbocycles. The molecule has 1 atom stereocenters. The third-order valence-corrected chi connectivity index (χ3v) is 3.25. The van der Waals surface area contributed by atoms with E-state index in [9.17, 15) is 14.7 Å². The van der Waals surface area contributed by atoms with Crippen LogP contribution in [0.1, 0.15) is 26.3 Å². The summed E-state index contributed by atoms with van der Waals surface area (Å²) in [5, 5.41) is 9.39. The molecule has 25 heavy (non-hydrogen) atoms. The molecule has 1 N–H and O–H groups in total. The van der Waals surface area contributed by atoms with Gasteiger partial charge in [-0.1, -0.05) is 30.3 Å². The van der Waals surface area contributed by atoms with Crippen molar-refractivity contribution in [3.8, 4) is 0 Å². The van der Waals surface area contributed by atoms with Gasteiger partial charge in [0.25, 0.3) is 0 Å². The SMILES string of the molecule is CC(C)(C)OCCOC(=O)C1(C(=O)O)OC=C(Cc2ccccc2)O1. The van der Waals surface area contributed by atoms with Crippen LogP contribution in [0.4, 0.5) is 0 Å². The molecule has 0 fully saturated rings. The van der Waals surface area contributed by atoms with Crippen molar-refractivity contribution in [1.82, 2.24) is 0 Å². The predicted octanol–water partition coefficient (Wildman–Crippen LogP) is 2.26. The zero-order valence-corrected chi connectivity index (χ0v) is 14.5. The van der Waals surface area contributed by atoms with Crippen LogP contribution in [0.5, 0.6) is 0 Å². The molecule has 1 aromatic rings. The Morgan fingerprint density at radius 3 is 2.44 bits per heavy atom. The van der Waals surface area contributed by atoms with Gasteiger partial charge < -0.3 is 24.1 Å². The third kappa shape index (κ3) is 4.96. The van der Waals surface area contributed by atoms with Crippen molar-refractivity contribution in [2.75, 3.05) is 13.2 Å². The summed E-state index contributed by atoms with van der Waals surface area (Å²) in [6.07, 6.45) is 1.43. The Morgan fingerprint density at radius 2 is 1.84 bits per heavy atom. The van der Waals surface area contributed by atoms with Gasteiger partial charge in [-0.15, -0.1) is 0 Å². The maximum absolute atomic E-state index is 12.2. The largest absolute Gasteiger partial charge is 0.475 e. The van der Waals surface area contributed by atoms with Crippen LogP contribution < -0.4 is 0 Å². The molecule has 1 aliphatic rings. The van der Waals surface area contributed by atoms with Gasteiger partial charge in [0.15, 0.2) is 0 Å². The topological polar surface area (TPSA) is 91.3 Å². The van der Waals surface area contributed by atoms with E-state index < -0.39 is 17.7 Å². The minimum atomic E-state index is -2.51. The maximum atomic E-state index is 12.2. The zero-order chi connectivity index (χ0) is 18.5. The molecule has 0 bridgehead atoms. The lowest BCUT2D eigenvalue weighted by molar-refractivity contribution is -0.216. The van der Waals surface area contributed by atoms with Gasteiger partial charge in [0, 0.05) is 6.42 Å². The number of hydrogen-bond donors (Lipinski definition) is 1. The van der Waals surface area contributed by atoms with Gasteiger partial charge in [-0.3, -0.25) is 0 Å². The molecule has 1 aliphatic heterocycles. The van der Waals surface area contributed by atoms with Gasteiger partial charge in [-0.25, -0.2) is 9.59 Å². The van der Waals surface area contributed by atoms with E-state index in [-0.39, 0.29) is 24.6 Å². The minimum Gasteiger partial charge on any atom is -0.475 e. The van der Waals surface area contributed by atoms with Gasteiger partial charge in [0.05, 0.1) is 12.2 Å². The number of aliphatic carboxylic acids is 1. The van der Waals surface area contributed by atoms with Crippen molar-refractivity contribution in [3.05, 3.63) is 47.9 Å². The highest BCUT2D eigenvalue weighted by Gasteiger charge is 2.57. The van der Waals surface area contributed by atoms with Gasteiger partial charge in [-0.2, -0.15) is 0 Å². The molecular formula is C18H22O7. The summed E-state index contributed by atoms with van der Waals surface area (Å²) in [7, 11) is 0. The quantitative estimate of drug-likeness (QED) is 0.458. The van der Waals surface area contributed by atoms with Crippen LogP contribution in [0.2, 0.25) is 0 Å². The number of carbonyl (C=O) groups is 2. The molecule has 7 heteroatoms. The summed E-state index contributed by atoms with van der Waals surface area (Å²) in [6, 6.07) is 9.27. The number of benzene rings is 1. The highest BCUT2D eigenvalue weighted by atomic mass is 16.8. The van der Waals surface area contributed by atoms with Crippen LogP contribution in [0, 0.1) is 0 Å². The van der Waals surface area contributed by atoms with E-state index in [4.69, 9.17) is 18.9 Å². The number of allylic oxidation sites excluding steroid dienone is 1. The van der Waals surface area contributed by atoms with Crippen LogP contribution in [0.3, 0.4) is 0 Å². The molecule has 136 valence electrons. The molecule has 0 amide bonds. The predicted molar refractivity (Wildman–Crippen MR) is 87.4 cm³/mol. The minimum absolute atomic E-state index is 0.105. The highest BCUT2D eigenvalue weighted by molar-refractivity contribution is 6.01. The molecule has 2 rings (SSSR count). The lowest BCUT2D eigenvalue weighted by Crippen LogP contribution is -2.49. The number of rotatable bonds is 7. The Balaban J connectivity index is 1.94. The first-order valence-electron chi connectivity index (χ1n) is 7.87. The second-order valence-corrected chi connectivity index (χ2v) is 6.48. The first-order chi connectivity index (χ1) is 11.7. The van der Waals surface area contributed by atoms with Gasteiger partial charge in [0.2, 0.25) is 0 Å². The summed E-state index contributed by atoms with van der Waals surface area (Å²) in [6.45, 7) is 5.60. The van der Waals surface area contributed by atoms with Crippen LogP contribution in [-0.4, -0.2) is 41.6 Å². The third-order valence-electron chi connectivity index (χ3n) is 3.25. The molecule has 0 saturated carbocycles. The smallest absolute Gasteiger partial charge is 0.452 e. The molecule has 0 aromatic heterocycles. The second kappa shape index (κ2) is 7.57. The highest BCUT2D eigenvalue weighted by Crippen LogP contribution is 2.29. The van der Waals surface area contributed by atoms with Crippen LogP contribution >= 0.6 is 0 Å². The first-order valence-corrected chi connectivity index (χ1v) is 7.87. The Morgan fingerprint density at radius 1 is 1.16 bits per heavy atom. The standard InChI is InChI=1S/C18H22O7/c1-17(2,3)23-10-9-22-16(21)18(15(19)20)24-12-14(25-18)11-13-7-5-4-6-8-13/h4-8,12H,9-11H2,1-3H3,(H,19,20). The number of carboxylic acid groups (broad SMARTS) is 1. The number of esters is 1. The van der Waals surface area contributed by atoms with Crippen molar-refractivity contribution in [3.63, 3.8) is 0 Å². The summed E-state index contributed by atoms with van der Waals surface area (Å²) in [5.74, 6) is -4.98. The zero-order valence-electron chi connectivity index (χ0n) is 14.5. The normalized spacial score (nSPS) is 19.6. The van der Waals surface area contributed by atoms with Gasteiger partial charge >= 0.3 is 17.7 Å². The van der Waals surface area contributed by atoms with Crippen molar-refractivity contribution >= 4 is 11.9 Å². The Kier molecular flexibility index (Phi) is 5.69. The summed E-state index contributed by atoms with van der Waals surface area (Å²) < 4.78 is 20.7. The summed E-state index contributed by atoms with van der Waals surface area (Å²) in [5.41, 5.74) is 0.507. The number of ether oxygens (including phenoxy) is 4. The summed E-state index contributed by atoms with van der Waals surface area (Å²) >= 11 is 0. The molecular weight excluding hydrogens is 328 g/mol. The van der Waals surface area contributed by atoms with E-state index in [1.807, 2.05) is 51.1 Å². The van der Waals surface area contributed by atoms with E-state index >= 15 is 0 Å². The molecule has 0 saturated heterocycles. The average Bonchev–Trinajstić information content (AvgIpc) is 2.97. The average molecular weight is 350 g/mol. The van der Waals surface area contributed by atoms with Gasteiger partial charge in [0.1, 0.15) is 18.6 Å². The van der Waals surface area contributed by atoms with E-state index in [2.05, 4.69) is 0 Å². The second-order valence-electron chi connectivity index (χ2n) is 6.48. The van der Waals surface area contributed by atoms with Crippen molar-refractivity contribution in [2.45, 2.75) is 38.6 Å². The van der Waals surface area contributed by atoms with E-state index in [0.29, 0.717) is 6.42 Å². The molecule has 1 aromatic carbocycles. The van der Waals surface area contributed by atoms with Crippen LogP contribution in [-0.2, 0) is 35.0 Å². The fraction of sp³-hybridized carbons (Fsp3) is 0.444. The fourth-order valence-corrected chi connectivity index (χ4v) is 2.10. The molecule has 0 spiro atoms. The Bertz CT molecular complexity index is 645. The monoisotopic (exact) mass is 350 g/mol. The van der Waals surface area contributed by atoms with Crippen LogP contribution in [0.25, 0.3) is 0 Å². The lowest BCUT2D eigenvalue weighted by Gasteiger charge is -2.23. The Hall–Kier alpha value is -2.54. The fourth-order valence-electron chi connectivity index (χ4n) is 2.10. The van der Waals surface area contributed by atoms with Crippen LogP contribution in [0.15, 0.2) is 42.4 Å². The Labute approximate surface area is 146 Å². The van der Waals surface area contributed by atoms with E-state index in [0.717, 1.165) is 11.8 Å². The van der Waals surface area contributed by atoms with Crippen molar-refractivity contribution in [1.29, 1.82) is 0 Å². The number of carbonyl (C=O) groups excluding carboxylic acids is 1. The lowest BCUT2D eigenvalue weighted by atomic mass is 10.1. The summed E-state index contributed by atoms with van der Waals surface area (Å²) in [4.78, 5) is 23.7. The van der Waals surface area contributed by atoms with E-state index in [1.165, 1.54) is 0 Å². The van der Waals surface area contributed by atoms with E-state index in [1.54, 1.807) is 0 Å². The molecule has 1 heterocycles. The first kappa shape index (κ1) is 18.8. The molecule has 7 nitrogen and oxygen atoms in total. The number of hydrogen-bond acceptors (Lipinski definition) is 6. The maximum Gasteiger partial charge on any atom is 0.452 e. The van der Waals surface area contributed by atoms with Crippen molar-refractivity contribution < 1.29 is 33.6 Å². The molecule has 1 unspecified atom stereocenters. The molecule has 0 radical (unpaired) electrons. The van der Waals surface area contributed by atoms with Gasteiger partial charge in [-0.05, 0) is 26.3 Å². The van der Waals surface area contributed by atoms with Crippen molar-refractivity contribution in [2.24, 2.45) is 0 Å².